The molecule has 0 aliphatic carbocycles. The molecule has 0 unspecified atom stereocenters. The molecule has 0 saturated carbocycles. The second-order valence-electron chi connectivity index (χ2n) is 5.23. The summed E-state index contributed by atoms with van der Waals surface area (Å²) in [5.41, 5.74) is 0. The summed E-state index contributed by atoms with van der Waals surface area (Å²) in [7, 11) is 0. The highest BCUT2D eigenvalue weighted by atomic mass is 16.5. The maximum atomic E-state index is 11.2. The summed E-state index contributed by atoms with van der Waals surface area (Å²) in [4.78, 5) is 11.2. The Kier molecular flexibility index (Phi) is 15.2. The van der Waals surface area contributed by atoms with Gasteiger partial charge in [0.05, 0.1) is 6.61 Å². The van der Waals surface area contributed by atoms with E-state index < -0.39 is 0 Å². The van der Waals surface area contributed by atoms with Crippen LogP contribution in [0.3, 0.4) is 0 Å². The molecule has 2 nitrogen and oxygen atoms in total. The quantitative estimate of drug-likeness (QED) is 0.190. The van der Waals surface area contributed by atoms with Crippen LogP contribution in [0.2, 0.25) is 0 Å². The van der Waals surface area contributed by atoms with Crippen molar-refractivity contribution in [1.82, 2.24) is 0 Å². The molecule has 0 fully saturated rings. The van der Waals surface area contributed by atoms with Gasteiger partial charge < -0.3 is 4.74 Å². The van der Waals surface area contributed by atoms with Gasteiger partial charge in [-0.1, -0.05) is 82.9 Å². The maximum Gasteiger partial charge on any atom is 0.330 e. The lowest BCUT2D eigenvalue weighted by Crippen LogP contribution is -2.02. The fourth-order valence-corrected chi connectivity index (χ4v) is 2.06. The predicted octanol–water partition coefficient (Wildman–Crippen LogP) is 5.58. The van der Waals surface area contributed by atoms with Gasteiger partial charge in [-0.15, -0.1) is 0 Å². The summed E-state index contributed by atoms with van der Waals surface area (Å²) in [6, 6.07) is 0. The first-order valence-corrected chi connectivity index (χ1v) is 8.27. The molecule has 0 spiro atoms. The number of ether oxygens (including phenoxy) is 1. The average molecular weight is 280 g/mol. The standard InChI is InChI=1S/C18H32O2/c1-3-5-7-8-9-10-11-12-13-15-17-20-18(19)16-14-6-4-2/h4,6,14,16H,3,5,7-13,15,17H2,1-2H3/b6-4-,16-14-. The highest BCUT2D eigenvalue weighted by Gasteiger charge is 1.96. The van der Waals surface area contributed by atoms with E-state index in [1.807, 2.05) is 19.1 Å². The van der Waals surface area contributed by atoms with Crippen molar-refractivity contribution in [2.45, 2.75) is 78.1 Å². The highest BCUT2D eigenvalue weighted by molar-refractivity contribution is 5.82. The number of carbonyl (C=O) groups is 1. The second-order valence-corrected chi connectivity index (χ2v) is 5.23. The lowest BCUT2D eigenvalue weighted by Gasteiger charge is -2.03. The Morgan fingerprint density at radius 1 is 0.850 bits per heavy atom. The number of esters is 1. The summed E-state index contributed by atoms with van der Waals surface area (Å²) in [5, 5.41) is 0. The zero-order valence-electron chi connectivity index (χ0n) is 13.4. The van der Waals surface area contributed by atoms with Crippen LogP contribution in [0.1, 0.15) is 78.1 Å². The molecular formula is C18H32O2. The van der Waals surface area contributed by atoms with Gasteiger partial charge in [0.1, 0.15) is 0 Å². The van der Waals surface area contributed by atoms with Gasteiger partial charge in [-0.2, -0.15) is 0 Å². The van der Waals surface area contributed by atoms with Crippen LogP contribution in [0.5, 0.6) is 0 Å². The van der Waals surface area contributed by atoms with E-state index in [0.717, 1.165) is 6.42 Å². The van der Waals surface area contributed by atoms with Gasteiger partial charge in [-0.05, 0) is 13.3 Å². The van der Waals surface area contributed by atoms with Gasteiger partial charge in [-0.3, -0.25) is 0 Å². The monoisotopic (exact) mass is 280 g/mol. The molecule has 0 aromatic carbocycles. The zero-order valence-corrected chi connectivity index (χ0v) is 13.4. The molecule has 116 valence electrons. The van der Waals surface area contributed by atoms with Crippen LogP contribution >= 0.6 is 0 Å². The normalized spacial score (nSPS) is 11.5. The van der Waals surface area contributed by atoms with E-state index in [4.69, 9.17) is 4.74 Å². The fraction of sp³-hybridized carbons (Fsp3) is 0.722. The van der Waals surface area contributed by atoms with Crippen molar-refractivity contribution in [3.8, 4) is 0 Å². The van der Waals surface area contributed by atoms with Crippen LogP contribution in [0.25, 0.3) is 0 Å². The van der Waals surface area contributed by atoms with Gasteiger partial charge in [-0.25, -0.2) is 4.79 Å². The van der Waals surface area contributed by atoms with Crippen molar-refractivity contribution < 1.29 is 9.53 Å². The molecule has 0 bridgehead atoms. The topological polar surface area (TPSA) is 26.3 Å². The first kappa shape index (κ1) is 18.9. The predicted molar refractivity (Wildman–Crippen MR) is 86.8 cm³/mol. The first-order valence-electron chi connectivity index (χ1n) is 8.27. The van der Waals surface area contributed by atoms with Crippen molar-refractivity contribution in [1.29, 1.82) is 0 Å². The average Bonchev–Trinajstić information content (AvgIpc) is 2.45. The lowest BCUT2D eigenvalue weighted by atomic mass is 10.1. The third kappa shape index (κ3) is 15.0. The van der Waals surface area contributed by atoms with Crippen LogP contribution in [0, 0.1) is 0 Å². The van der Waals surface area contributed by atoms with Crippen LogP contribution < -0.4 is 0 Å². The minimum Gasteiger partial charge on any atom is -0.463 e. The lowest BCUT2D eigenvalue weighted by molar-refractivity contribution is -0.137. The summed E-state index contributed by atoms with van der Waals surface area (Å²) in [5.74, 6) is -0.237. The Labute approximate surface area is 125 Å². The molecule has 0 aromatic heterocycles. The van der Waals surface area contributed by atoms with Crippen molar-refractivity contribution in [3.63, 3.8) is 0 Å². The smallest absolute Gasteiger partial charge is 0.330 e. The van der Waals surface area contributed by atoms with Gasteiger partial charge in [0.15, 0.2) is 0 Å². The Balaban J connectivity index is 3.18. The Morgan fingerprint density at radius 3 is 1.95 bits per heavy atom. The van der Waals surface area contributed by atoms with Crippen LogP contribution in [-0.4, -0.2) is 12.6 Å². The van der Waals surface area contributed by atoms with E-state index in [-0.39, 0.29) is 5.97 Å². The highest BCUT2D eigenvalue weighted by Crippen LogP contribution is 2.10. The van der Waals surface area contributed by atoms with Gasteiger partial charge in [0.2, 0.25) is 0 Å². The second kappa shape index (κ2) is 16.0. The molecular weight excluding hydrogens is 248 g/mol. The number of hydrogen-bond donors (Lipinski definition) is 0. The van der Waals surface area contributed by atoms with Crippen molar-refractivity contribution in [2.75, 3.05) is 6.61 Å². The van der Waals surface area contributed by atoms with E-state index in [9.17, 15) is 4.79 Å². The van der Waals surface area contributed by atoms with Crippen LogP contribution in [0.15, 0.2) is 24.3 Å². The third-order valence-electron chi connectivity index (χ3n) is 3.28. The van der Waals surface area contributed by atoms with Gasteiger partial charge in [0, 0.05) is 6.08 Å². The molecule has 0 aliphatic heterocycles. The van der Waals surface area contributed by atoms with E-state index in [2.05, 4.69) is 6.92 Å². The maximum absolute atomic E-state index is 11.2. The Bertz CT molecular complexity index is 267. The molecule has 0 N–H and O–H groups in total. The summed E-state index contributed by atoms with van der Waals surface area (Å²) in [6.45, 7) is 4.72. The molecule has 20 heavy (non-hydrogen) atoms. The van der Waals surface area contributed by atoms with E-state index in [1.54, 1.807) is 6.08 Å². The van der Waals surface area contributed by atoms with Crippen molar-refractivity contribution in [3.05, 3.63) is 24.3 Å². The van der Waals surface area contributed by atoms with Crippen molar-refractivity contribution >= 4 is 5.97 Å². The molecule has 0 amide bonds. The van der Waals surface area contributed by atoms with Gasteiger partial charge >= 0.3 is 5.97 Å². The molecule has 0 radical (unpaired) electrons. The minimum absolute atomic E-state index is 0.237. The van der Waals surface area contributed by atoms with E-state index in [1.165, 1.54) is 63.9 Å². The molecule has 0 aromatic rings. The number of carbonyl (C=O) groups excluding carboxylic acids is 1. The minimum atomic E-state index is -0.237. The first-order chi connectivity index (χ1) is 9.81. The third-order valence-corrected chi connectivity index (χ3v) is 3.28. The molecule has 2 heteroatoms. The van der Waals surface area contributed by atoms with Crippen molar-refractivity contribution in [2.24, 2.45) is 0 Å². The number of hydrogen-bond acceptors (Lipinski definition) is 2. The SMILES string of the molecule is C/C=C\C=C/C(=O)OCCCCCCCCCCCC. The van der Waals surface area contributed by atoms with E-state index in [0.29, 0.717) is 6.61 Å². The van der Waals surface area contributed by atoms with Gasteiger partial charge in [0.25, 0.3) is 0 Å². The fourth-order valence-electron chi connectivity index (χ4n) is 2.06. The van der Waals surface area contributed by atoms with E-state index >= 15 is 0 Å². The molecule has 0 aliphatic rings. The van der Waals surface area contributed by atoms with Crippen LogP contribution in [0.4, 0.5) is 0 Å². The number of unbranched alkanes of at least 4 members (excludes halogenated alkanes) is 9. The summed E-state index contributed by atoms with van der Waals surface area (Å²) >= 11 is 0. The Hall–Kier alpha value is -1.05. The number of rotatable bonds is 13. The van der Waals surface area contributed by atoms with Crippen LogP contribution in [-0.2, 0) is 9.53 Å². The summed E-state index contributed by atoms with van der Waals surface area (Å²) in [6.07, 6.45) is 19.8. The molecule has 0 saturated heterocycles. The zero-order chi connectivity index (χ0) is 14.9. The largest absolute Gasteiger partial charge is 0.463 e. The number of allylic oxidation sites excluding steroid dienone is 3. The Morgan fingerprint density at radius 2 is 1.40 bits per heavy atom. The molecule has 0 rings (SSSR count). The molecule has 0 heterocycles. The molecule has 0 atom stereocenters. The summed E-state index contributed by atoms with van der Waals surface area (Å²) < 4.78 is 5.10.